The van der Waals surface area contributed by atoms with Gasteiger partial charge in [-0.1, -0.05) is 41.9 Å². The summed E-state index contributed by atoms with van der Waals surface area (Å²) in [5.74, 6) is 0.410. The van der Waals surface area contributed by atoms with Crippen LogP contribution < -0.4 is 10.1 Å². The molecule has 0 spiro atoms. The van der Waals surface area contributed by atoms with E-state index in [0.717, 1.165) is 21.8 Å². The first-order valence-corrected chi connectivity index (χ1v) is 10.5. The zero-order valence-corrected chi connectivity index (χ0v) is 18.4. The van der Waals surface area contributed by atoms with E-state index in [4.69, 9.17) is 21.1 Å². The van der Waals surface area contributed by atoms with Gasteiger partial charge in [-0.15, -0.1) is 0 Å². The number of aliphatic hydroxyl groups is 1. The molecule has 3 rings (SSSR count). The number of rotatable bonds is 10. The van der Waals surface area contributed by atoms with Gasteiger partial charge in [0.25, 0.3) is 5.91 Å². The molecule has 2 aromatic carbocycles. The smallest absolute Gasteiger partial charge is 0.325 e. The summed E-state index contributed by atoms with van der Waals surface area (Å²) in [5.41, 5.74) is 0.822. The Morgan fingerprint density at radius 2 is 1.87 bits per heavy atom. The molecule has 2 unspecified atom stereocenters. The van der Waals surface area contributed by atoms with Crippen molar-refractivity contribution in [2.45, 2.75) is 38.0 Å². The van der Waals surface area contributed by atoms with Gasteiger partial charge in [0.15, 0.2) is 0 Å². The van der Waals surface area contributed by atoms with Crippen molar-refractivity contribution in [3.8, 4) is 5.75 Å². The number of urea groups is 1. The Morgan fingerprint density at radius 1 is 1.16 bits per heavy atom. The number of halogens is 1. The van der Waals surface area contributed by atoms with Gasteiger partial charge in [0.1, 0.15) is 11.3 Å². The Labute approximate surface area is 186 Å². The van der Waals surface area contributed by atoms with Crippen molar-refractivity contribution in [1.29, 1.82) is 0 Å². The minimum Gasteiger partial charge on any atom is -0.497 e. The Bertz CT molecular complexity index is 920. The molecule has 1 aliphatic heterocycles. The number of carbonyl (C=O) groups is 2. The summed E-state index contributed by atoms with van der Waals surface area (Å²) in [4.78, 5) is 26.3. The highest BCUT2D eigenvalue weighted by Crippen LogP contribution is 2.24. The Morgan fingerprint density at radius 3 is 2.55 bits per heavy atom. The summed E-state index contributed by atoms with van der Waals surface area (Å²) in [7, 11) is 1.60. The number of hydrogen-bond donors (Lipinski definition) is 2. The molecule has 0 aromatic heterocycles. The monoisotopic (exact) mass is 446 g/mol. The van der Waals surface area contributed by atoms with Crippen LogP contribution in [0.25, 0.3) is 0 Å². The van der Waals surface area contributed by atoms with Crippen LogP contribution in [0.4, 0.5) is 4.79 Å². The Balaban J connectivity index is 1.50. The summed E-state index contributed by atoms with van der Waals surface area (Å²) in [6.45, 7) is 1.78. The van der Waals surface area contributed by atoms with E-state index in [2.05, 4.69) is 5.32 Å². The first-order valence-electron chi connectivity index (χ1n) is 10.1. The number of β-amino-alcohol motifs (C(OH)–C–C–N with tert-alkyl or cyclic N) is 1. The van der Waals surface area contributed by atoms with E-state index in [0.29, 0.717) is 17.9 Å². The van der Waals surface area contributed by atoms with Gasteiger partial charge in [-0.3, -0.25) is 9.69 Å². The number of aryl methyl sites for hydroxylation is 1. The van der Waals surface area contributed by atoms with Gasteiger partial charge in [0, 0.05) is 5.02 Å². The molecule has 2 N–H and O–H groups in total. The highest BCUT2D eigenvalue weighted by atomic mass is 35.5. The van der Waals surface area contributed by atoms with Crippen molar-refractivity contribution in [3.63, 3.8) is 0 Å². The van der Waals surface area contributed by atoms with E-state index in [1.165, 1.54) is 0 Å². The molecular weight excluding hydrogens is 420 g/mol. The fraction of sp³-hybridized carbons (Fsp3) is 0.391. The van der Waals surface area contributed by atoms with Gasteiger partial charge in [-0.05, 0) is 49.1 Å². The van der Waals surface area contributed by atoms with E-state index in [1.54, 1.807) is 20.1 Å². The summed E-state index contributed by atoms with van der Waals surface area (Å²) in [5, 5.41) is 13.6. The van der Waals surface area contributed by atoms with Gasteiger partial charge in [-0.2, -0.15) is 0 Å². The zero-order chi connectivity index (χ0) is 22.4. The maximum atomic E-state index is 12.9. The highest BCUT2D eigenvalue weighted by Gasteiger charge is 2.47. The fourth-order valence-electron chi connectivity index (χ4n) is 3.45. The number of imide groups is 1. The molecule has 2 atom stereocenters. The minimum absolute atomic E-state index is 0.0230. The highest BCUT2D eigenvalue weighted by molar-refractivity contribution is 6.31. The van der Waals surface area contributed by atoms with E-state index < -0.39 is 17.7 Å². The van der Waals surface area contributed by atoms with Crippen LogP contribution in [0.15, 0.2) is 48.5 Å². The lowest BCUT2D eigenvalue weighted by Gasteiger charge is -2.22. The van der Waals surface area contributed by atoms with Gasteiger partial charge in [0.2, 0.25) is 0 Å². The standard InChI is InChI=1S/C23H27ClN2O5/c1-23(12-11-16-7-9-19(30-2)10-8-16)21(28)26(22(29)25-23)13-18(27)15-31-14-17-5-3-4-6-20(17)24/h3-10,18,27H,11-15H2,1-2H3,(H,25,29). The van der Waals surface area contributed by atoms with Crippen LogP contribution in [0.3, 0.4) is 0 Å². The molecule has 1 fully saturated rings. The number of carbonyl (C=O) groups excluding carboxylic acids is 2. The van der Waals surface area contributed by atoms with E-state index in [-0.39, 0.29) is 25.7 Å². The molecule has 7 nitrogen and oxygen atoms in total. The van der Waals surface area contributed by atoms with Crippen molar-refractivity contribution in [2.75, 3.05) is 20.3 Å². The third-order valence-corrected chi connectivity index (χ3v) is 5.71. The van der Waals surface area contributed by atoms with Crippen molar-refractivity contribution >= 4 is 23.5 Å². The molecule has 2 aromatic rings. The van der Waals surface area contributed by atoms with Crippen molar-refractivity contribution in [1.82, 2.24) is 10.2 Å². The summed E-state index contributed by atoms with van der Waals surface area (Å²) >= 11 is 6.08. The number of nitrogens with zero attached hydrogens (tertiary/aromatic N) is 1. The average Bonchev–Trinajstić information content (AvgIpc) is 2.97. The van der Waals surface area contributed by atoms with E-state index >= 15 is 0 Å². The van der Waals surface area contributed by atoms with Gasteiger partial charge >= 0.3 is 6.03 Å². The minimum atomic E-state index is -1.02. The summed E-state index contributed by atoms with van der Waals surface area (Å²) in [6.07, 6.45) is 0.0599. The molecular formula is C23H27ClN2O5. The lowest BCUT2D eigenvalue weighted by molar-refractivity contribution is -0.132. The molecule has 3 amide bonds. The number of aliphatic hydroxyl groups excluding tert-OH is 1. The third-order valence-electron chi connectivity index (χ3n) is 5.34. The van der Waals surface area contributed by atoms with Gasteiger partial charge < -0.3 is 19.9 Å². The van der Waals surface area contributed by atoms with Gasteiger partial charge in [-0.25, -0.2) is 4.79 Å². The second-order valence-electron chi connectivity index (χ2n) is 7.79. The Hall–Kier alpha value is -2.61. The Kier molecular flexibility index (Phi) is 7.54. The van der Waals surface area contributed by atoms with Crippen molar-refractivity contribution in [3.05, 3.63) is 64.7 Å². The largest absolute Gasteiger partial charge is 0.497 e. The number of benzene rings is 2. The van der Waals surface area contributed by atoms with Crippen LogP contribution in [-0.2, 0) is 22.6 Å². The zero-order valence-electron chi connectivity index (χ0n) is 17.6. The van der Waals surface area contributed by atoms with Gasteiger partial charge in [0.05, 0.1) is 33.0 Å². The average molecular weight is 447 g/mol. The second kappa shape index (κ2) is 10.1. The molecule has 1 heterocycles. The first-order chi connectivity index (χ1) is 14.8. The molecule has 0 aliphatic carbocycles. The van der Waals surface area contributed by atoms with Crippen molar-refractivity contribution in [2.24, 2.45) is 0 Å². The normalized spacial score (nSPS) is 19.4. The summed E-state index contributed by atoms with van der Waals surface area (Å²) in [6, 6.07) is 14.3. The van der Waals surface area contributed by atoms with Crippen molar-refractivity contribution < 1.29 is 24.2 Å². The SMILES string of the molecule is COc1ccc(CCC2(C)NC(=O)N(CC(O)COCc3ccccc3Cl)C2=O)cc1. The number of hydrogen-bond acceptors (Lipinski definition) is 5. The van der Waals surface area contributed by atoms with Crippen LogP contribution in [-0.4, -0.2) is 53.8 Å². The summed E-state index contributed by atoms with van der Waals surface area (Å²) < 4.78 is 10.7. The molecule has 0 bridgehead atoms. The predicted octanol–water partition coefficient (Wildman–Crippen LogP) is 3.17. The van der Waals surface area contributed by atoms with Crippen LogP contribution in [0, 0.1) is 0 Å². The lowest BCUT2D eigenvalue weighted by Crippen LogP contribution is -2.45. The molecule has 8 heteroatoms. The molecule has 1 aliphatic rings. The van der Waals surface area contributed by atoms with E-state index in [1.807, 2.05) is 42.5 Å². The second-order valence-corrected chi connectivity index (χ2v) is 8.19. The van der Waals surface area contributed by atoms with E-state index in [9.17, 15) is 14.7 Å². The topological polar surface area (TPSA) is 88.1 Å². The molecule has 166 valence electrons. The quantitative estimate of drug-likeness (QED) is 0.547. The number of methoxy groups -OCH3 is 1. The maximum Gasteiger partial charge on any atom is 0.325 e. The molecule has 0 radical (unpaired) electrons. The number of ether oxygens (including phenoxy) is 2. The third kappa shape index (κ3) is 5.76. The van der Waals surface area contributed by atoms with Crippen LogP contribution in [0.5, 0.6) is 5.75 Å². The molecule has 0 saturated carbocycles. The number of nitrogens with one attached hydrogen (secondary N) is 1. The van der Waals surface area contributed by atoms with Crippen LogP contribution in [0.2, 0.25) is 5.02 Å². The molecule has 1 saturated heterocycles. The number of amides is 3. The molecule has 31 heavy (non-hydrogen) atoms. The first kappa shape index (κ1) is 23.1. The van der Waals surface area contributed by atoms with Crippen LogP contribution >= 0.6 is 11.6 Å². The maximum absolute atomic E-state index is 12.9. The predicted molar refractivity (Wildman–Crippen MR) is 117 cm³/mol. The fourth-order valence-corrected chi connectivity index (χ4v) is 3.64. The van der Waals surface area contributed by atoms with Crippen LogP contribution in [0.1, 0.15) is 24.5 Å². The lowest BCUT2D eigenvalue weighted by atomic mass is 9.93.